The first-order valence-corrected chi connectivity index (χ1v) is 9.51. The molecule has 27 heavy (non-hydrogen) atoms. The van der Waals surface area contributed by atoms with E-state index in [0.29, 0.717) is 21.2 Å². The summed E-state index contributed by atoms with van der Waals surface area (Å²) in [4.78, 5) is 13.0. The minimum absolute atomic E-state index is 0.0181. The van der Waals surface area contributed by atoms with E-state index in [1.165, 1.54) is 37.4 Å². The third-order valence-corrected chi connectivity index (χ3v) is 6.16. The lowest BCUT2D eigenvalue weighted by Crippen LogP contribution is -2.40. The zero-order valence-electron chi connectivity index (χ0n) is 14.2. The number of anilines is 1. The summed E-state index contributed by atoms with van der Waals surface area (Å²) < 4.78 is 46.5. The molecular weight excluding hydrogens is 369 g/mol. The first-order chi connectivity index (χ1) is 12.9. The van der Waals surface area contributed by atoms with Gasteiger partial charge in [-0.25, -0.2) is 12.8 Å². The second-order valence-electron chi connectivity index (χ2n) is 5.93. The van der Waals surface area contributed by atoms with Gasteiger partial charge in [-0.3, -0.25) is 4.79 Å². The van der Waals surface area contributed by atoms with E-state index < -0.39 is 21.7 Å². The van der Waals surface area contributed by atoms with Crippen LogP contribution in [0.5, 0.6) is 5.75 Å². The van der Waals surface area contributed by atoms with Crippen molar-refractivity contribution in [2.24, 2.45) is 0 Å². The van der Waals surface area contributed by atoms with Crippen molar-refractivity contribution in [3.63, 3.8) is 0 Å². The molecule has 0 unspecified atom stereocenters. The predicted molar refractivity (Wildman–Crippen MR) is 98.8 cm³/mol. The van der Waals surface area contributed by atoms with Crippen molar-refractivity contribution < 1.29 is 22.3 Å². The molecule has 3 aromatic rings. The molecule has 1 heterocycles. The normalized spacial score (nSPS) is 14.2. The van der Waals surface area contributed by atoms with Crippen LogP contribution in [-0.2, 0) is 10.0 Å². The molecule has 0 aromatic heterocycles. The molecule has 0 aliphatic carbocycles. The Hall–Kier alpha value is -3.19. The van der Waals surface area contributed by atoms with Gasteiger partial charge in [0.05, 0.1) is 23.3 Å². The van der Waals surface area contributed by atoms with Gasteiger partial charge in [-0.05, 0) is 36.4 Å². The minimum Gasteiger partial charge on any atom is -0.497 e. The molecule has 0 N–H and O–H groups in total. The monoisotopic (exact) mass is 383 g/mol. The molecule has 0 saturated carbocycles. The number of nitrogens with zero attached hydrogens (tertiary/aromatic N) is 1. The molecule has 0 radical (unpaired) electrons. The topological polar surface area (TPSA) is 63.7 Å². The largest absolute Gasteiger partial charge is 0.497 e. The number of amides is 1. The van der Waals surface area contributed by atoms with E-state index >= 15 is 0 Å². The number of carbonyl (C=O) groups excluding carboxylic acids is 1. The van der Waals surface area contributed by atoms with E-state index in [4.69, 9.17) is 4.74 Å². The van der Waals surface area contributed by atoms with Gasteiger partial charge in [-0.1, -0.05) is 30.3 Å². The minimum atomic E-state index is -4.20. The zero-order valence-corrected chi connectivity index (χ0v) is 15.0. The Kier molecular flexibility index (Phi) is 3.96. The van der Waals surface area contributed by atoms with Crippen LogP contribution in [0.4, 0.5) is 10.1 Å². The van der Waals surface area contributed by atoms with Crippen molar-refractivity contribution in [2.45, 2.75) is 4.90 Å². The van der Waals surface area contributed by atoms with Crippen LogP contribution in [-0.4, -0.2) is 21.4 Å². The number of sulfonamides is 1. The van der Waals surface area contributed by atoms with E-state index in [1.807, 2.05) is 0 Å². The van der Waals surface area contributed by atoms with Crippen molar-refractivity contribution in [3.8, 4) is 16.9 Å². The standard InChI is InChI=1S/C20H14FNO4S/c1-26-13-10-11-18-16(12-13)14-6-3-5-9-19(14)27(24,25)22(18)20(23)15-7-2-4-8-17(15)21/h2-12H,1H3. The number of ether oxygens (including phenoxy) is 1. The van der Waals surface area contributed by atoms with Gasteiger partial charge in [0.2, 0.25) is 0 Å². The average molecular weight is 383 g/mol. The first kappa shape index (κ1) is 17.2. The predicted octanol–water partition coefficient (Wildman–Crippen LogP) is 3.85. The smallest absolute Gasteiger partial charge is 0.275 e. The van der Waals surface area contributed by atoms with Crippen LogP contribution in [0.15, 0.2) is 71.6 Å². The average Bonchev–Trinajstić information content (AvgIpc) is 2.68. The maximum absolute atomic E-state index is 14.2. The van der Waals surface area contributed by atoms with Crippen molar-refractivity contribution >= 4 is 21.6 Å². The molecule has 7 heteroatoms. The summed E-state index contributed by atoms with van der Waals surface area (Å²) in [5.74, 6) is -1.22. The van der Waals surface area contributed by atoms with E-state index in [2.05, 4.69) is 0 Å². The van der Waals surface area contributed by atoms with Crippen molar-refractivity contribution in [2.75, 3.05) is 11.4 Å². The summed E-state index contributed by atoms with van der Waals surface area (Å²) in [7, 11) is -2.71. The fourth-order valence-electron chi connectivity index (χ4n) is 3.14. The van der Waals surface area contributed by atoms with Gasteiger partial charge in [-0.2, -0.15) is 4.31 Å². The maximum Gasteiger partial charge on any atom is 0.275 e. The summed E-state index contributed by atoms with van der Waals surface area (Å²) in [5.41, 5.74) is 0.818. The lowest BCUT2D eigenvalue weighted by Gasteiger charge is -2.30. The van der Waals surface area contributed by atoms with Crippen LogP contribution in [0.2, 0.25) is 0 Å². The number of rotatable bonds is 2. The molecular formula is C20H14FNO4S. The summed E-state index contributed by atoms with van der Waals surface area (Å²) in [6, 6.07) is 16.4. The van der Waals surface area contributed by atoms with Gasteiger partial charge in [0, 0.05) is 11.1 Å². The second-order valence-corrected chi connectivity index (χ2v) is 7.69. The first-order valence-electron chi connectivity index (χ1n) is 8.07. The number of benzene rings is 3. The molecule has 4 rings (SSSR count). The summed E-state index contributed by atoms with van der Waals surface area (Å²) >= 11 is 0. The molecule has 1 aliphatic rings. The van der Waals surface area contributed by atoms with Crippen LogP contribution in [0, 0.1) is 5.82 Å². The third kappa shape index (κ3) is 2.59. The molecule has 1 aliphatic heterocycles. The highest BCUT2D eigenvalue weighted by atomic mass is 32.2. The van der Waals surface area contributed by atoms with Gasteiger partial charge < -0.3 is 4.74 Å². The van der Waals surface area contributed by atoms with Crippen LogP contribution >= 0.6 is 0 Å². The van der Waals surface area contributed by atoms with E-state index in [0.717, 1.165) is 6.07 Å². The van der Waals surface area contributed by atoms with Crippen LogP contribution in [0.25, 0.3) is 11.1 Å². The van der Waals surface area contributed by atoms with Crippen LogP contribution in [0.3, 0.4) is 0 Å². The quantitative estimate of drug-likeness (QED) is 0.674. The van der Waals surface area contributed by atoms with E-state index in [1.54, 1.807) is 30.3 Å². The molecule has 3 aromatic carbocycles. The summed E-state index contributed by atoms with van der Waals surface area (Å²) in [6.45, 7) is 0. The van der Waals surface area contributed by atoms with Gasteiger partial charge in [0.1, 0.15) is 11.6 Å². The number of methoxy groups -OCH3 is 1. The molecule has 5 nitrogen and oxygen atoms in total. The Morgan fingerprint density at radius 2 is 1.67 bits per heavy atom. The van der Waals surface area contributed by atoms with Crippen molar-refractivity contribution in [1.29, 1.82) is 0 Å². The Balaban J connectivity index is 2.01. The van der Waals surface area contributed by atoms with Crippen molar-refractivity contribution in [3.05, 3.63) is 78.1 Å². The molecule has 1 amide bonds. The fraction of sp³-hybridized carbons (Fsp3) is 0.0500. The van der Waals surface area contributed by atoms with Crippen LogP contribution in [0.1, 0.15) is 10.4 Å². The third-order valence-electron chi connectivity index (χ3n) is 4.41. The summed E-state index contributed by atoms with van der Waals surface area (Å²) in [6.07, 6.45) is 0. The fourth-order valence-corrected chi connectivity index (χ4v) is 4.78. The van der Waals surface area contributed by atoms with Crippen molar-refractivity contribution in [1.82, 2.24) is 0 Å². The van der Waals surface area contributed by atoms with E-state index in [9.17, 15) is 17.6 Å². The Morgan fingerprint density at radius 3 is 2.41 bits per heavy atom. The maximum atomic E-state index is 14.2. The Bertz CT molecular complexity index is 1170. The number of halogens is 1. The Morgan fingerprint density at radius 1 is 0.963 bits per heavy atom. The zero-order chi connectivity index (χ0) is 19.2. The number of fused-ring (bicyclic) bond motifs is 3. The molecule has 0 atom stereocenters. The lowest BCUT2D eigenvalue weighted by molar-refractivity contribution is 0.100. The van der Waals surface area contributed by atoms with Crippen LogP contribution < -0.4 is 9.04 Å². The van der Waals surface area contributed by atoms with Gasteiger partial charge in [0.25, 0.3) is 15.9 Å². The Labute approximate surface area is 155 Å². The molecule has 0 fully saturated rings. The summed E-state index contributed by atoms with van der Waals surface area (Å²) in [5, 5.41) is 0. The highest BCUT2D eigenvalue weighted by Gasteiger charge is 2.40. The van der Waals surface area contributed by atoms with E-state index in [-0.39, 0.29) is 16.1 Å². The molecule has 136 valence electrons. The molecule has 0 spiro atoms. The van der Waals surface area contributed by atoms with Gasteiger partial charge >= 0.3 is 0 Å². The molecule has 0 bridgehead atoms. The number of carbonyl (C=O) groups is 1. The SMILES string of the molecule is COc1ccc2c(c1)-c1ccccc1S(=O)(=O)N2C(=O)c1ccccc1F. The lowest BCUT2D eigenvalue weighted by atomic mass is 10.0. The highest BCUT2D eigenvalue weighted by Crippen LogP contribution is 2.45. The number of hydrogen-bond donors (Lipinski definition) is 0. The number of hydrogen-bond acceptors (Lipinski definition) is 4. The highest BCUT2D eigenvalue weighted by molar-refractivity contribution is 7.93. The van der Waals surface area contributed by atoms with Gasteiger partial charge in [0.15, 0.2) is 0 Å². The molecule has 0 saturated heterocycles. The second kappa shape index (κ2) is 6.21. The van der Waals surface area contributed by atoms with Gasteiger partial charge in [-0.15, -0.1) is 0 Å².